The molecule has 0 saturated heterocycles. The van der Waals surface area contributed by atoms with Crippen molar-refractivity contribution in [2.75, 3.05) is 0 Å². The number of para-hydroxylation sites is 1. The van der Waals surface area contributed by atoms with Gasteiger partial charge in [0, 0.05) is 42.1 Å². The van der Waals surface area contributed by atoms with Crippen molar-refractivity contribution in [1.29, 1.82) is 0 Å². The monoisotopic (exact) mass is 453 g/mol. The van der Waals surface area contributed by atoms with Crippen molar-refractivity contribution in [2.45, 2.75) is 6.23 Å². The number of benzene rings is 5. The lowest BCUT2D eigenvalue weighted by Gasteiger charge is -2.26. The maximum atomic E-state index is 11.5. The molecule has 5 aromatic carbocycles. The van der Waals surface area contributed by atoms with E-state index < -0.39 is 6.23 Å². The van der Waals surface area contributed by atoms with E-state index in [0.717, 1.165) is 22.2 Å². The quantitative estimate of drug-likeness (QED) is 0.265. The van der Waals surface area contributed by atoms with Crippen LogP contribution in [-0.4, -0.2) is 9.67 Å². The van der Waals surface area contributed by atoms with Gasteiger partial charge in [-0.3, -0.25) is 0 Å². The van der Waals surface area contributed by atoms with Crippen molar-refractivity contribution in [3.8, 4) is 22.3 Å². The average Bonchev–Trinajstić information content (AvgIpc) is 3.44. The first-order valence-corrected chi connectivity index (χ1v) is 12.4. The number of rotatable bonds is 1. The van der Waals surface area contributed by atoms with Crippen LogP contribution in [0.2, 0.25) is 0 Å². The van der Waals surface area contributed by atoms with Crippen LogP contribution in [0.3, 0.4) is 0 Å². The van der Waals surface area contributed by atoms with Gasteiger partial charge in [0.1, 0.15) is 0 Å². The summed E-state index contributed by atoms with van der Waals surface area (Å²) < 4.78 is 4.75. The number of aliphatic hydroxyl groups is 1. The van der Waals surface area contributed by atoms with E-state index >= 15 is 0 Å². The molecule has 2 aromatic heterocycles. The molecule has 8 rings (SSSR count). The molecule has 1 unspecified atom stereocenters. The number of aromatic nitrogens is 1. The molecular formula is C31H19NOS. The number of aliphatic hydroxyl groups excluding tert-OH is 1. The number of hydrogen-bond acceptors (Lipinski definition) is 2. The van der Waals surface area contributed by atoms with Crippen LogP contribution in [0.4, 0.5) is 0 Å². The standard InChI is InChI=1S/C31H19NOS/c33-31-23-9-2-1-7-20(23)22-15-14-19(29-24-10-3-5-11-26(24)32(31)30(22)29)18-13-16-28-25(17-18)21-8-4-6-12-27(21)34-28/h1-17,31,33H. The number of thiophene rings is 1. The third-order valence-corrected chi connectivity index (χ3v) is 8.46. The van der Waals surface area contributed by atoms with E-state index in [1.54, 1.807) is 0 Å². The maximum Gasteiger partial charge on any atom is 0.158 e. The molecule has 0 amide bonds. The number of hydrogen-bond donors (Lipinski definition) is 1. The Bertz CT molecular complexity index is 1940. The van der Waals surface area contributed by atoms with Gasteiger partial charge in [-0.1, -0.05) is 78.9 Å². The van der Waals surface area contributed by atoms with Crippen LogP contribution in [0.25, 0.3) is 64.2 Å². The molecule has 1 atom stereocenters. The summed E-state index contributed by atoms with van der Waals surface area (Å²) in [6.07, 6.45) is -0.704. The lowest BCUT2D eigenvalue weighted by atomic mass is 9.90. The fourth-order valence-electron chi connectivity index (χ4n) is 5.84. The van der Waals surface area contributed by atoms with Crippen LogP contribution in [0.1, 0.15) is 11.8 Å². The summed E-state index contributed by atoms with van der Waals surface area (Å²) >= 11 is 1.85. The summed E-state index contributed by atoms with van der Waals surface area (Å²) in [5.74, 6) is 0. The Morgan fingerprint density at radius 1 is 0.618 bits per heavy atom. The Hall–Kier alpha value is -3.92. The Morgan fingerprint density at radius 2 is 1.35 bits per heavy atom. The molecule has 3 heterocycles. The Kier molecular flexibility index (Phi) is 3.57. The van der Waals surface area contributed by atoms with Crippen LogP contribution in [0.15, 0.2) is 103 Å². The molecule has 1 N–H and O–H groups in total. The minimum atomic E-state index is -0.704. The van der Waals surface area contributed by atoms with Crippen molar-refractivity contribution in [2.24, 2.45) is 0 Å². The van der Waals surface area contributed by atoms with Gasteiger partial charge in [-0.15, -0.1) is 11.3 Å². The van der Waals surface area contributed by atoms with E-state index in [9.17, 15) is 5.11 Å². The highest BCUT2D eigenvalue weighted by Gasteiger charge is 2.29. The van der Waals surface area contributed by atoms with E-state index in [1.807, 2.05) is 23.5 Å². The van der Waals surface area contributed by atoms with Gasteiger partial charge in [-0.05, 0) is 41.0 Å². The molecule has 0 saturated carbocycles. The number of nitrogens with zero attached hydrogens (tertiary/aromatic N) is 1. The third kappa shape index (κ3) is 2.28. The van der Waals surface area contributed by atoms with Crippen molar-refractivity contribution in [3.63, 3.8) is 0 Å². The van der Waals surface area contributed by atoms with Crippen molar-refractivity contribution >= 4 is 53.3 Å². The second-order valence-corrected chi connectivity index (χ2v) is 10.1. The SMILES string of the molecule is OC1c2ccccc2-c2ccc(-c3ccc4sc5ccccc5c4c3)c3c4ccccc4n1c23. The molecule has 0 radical (unpaired) electrons. The minimum absolute atomic E-state index is 0.704. The summed E-state index contributed by atoms with van der Waals surface area (Å²) in [5, 5.41) is 16.5. The van der Waals surface area contributed by atoms with Crippen LogP contribution in [0.5, 0.6) is 0 Å². The number of fused-ring (bicyclic) bond motifs is 8. The summed E-state index contributed by atoms with van der Waals surface area (Å²) in [7, 11) is 0. The third-order valence-electron chi connectivity index (χ3n) is 7.31. The summed E-state index contributed by atoms with van der Waals surface area (Å²) in [5.41, 5.74) is 7.84. The largest absolute Gasteiger partial charge is 0.369 e. The van der Waals surface area contributed by atoms with E-state index in [-0.39, 0.29) is 0 Å². The van der Waals surface area contributed by atoms with Gasteiger partial charge >= 0.3 is 0 Å². The van der Waals surface area contributed by atoms with Crippen LogP contribution < -0.4 is 0 Å². The zero-order valence-electron chi connectivity index (χ0n) is 18.2. The van der Waals surface area contributed by atoms with Gasteiger partial charge in [0.05, 0.1) is 11.0 Å². The first-order valence-electron chi connectivity index (χ1n) is 11.5. The first kappa shape index (κ1) is 18.5. The first-order chi connectivity index (χ1) is 16.8. The topological polar surface area (TPSA) is 25.2 Å². The van der Waals surface area contributed by atoms with E-state index in [1.165, 1.54) is 47.6 Å². The maximum absolute atomic E-state index is 11.5. The molecule has 7 aromatic rings. The Balaban J connectivity index is 1.52. The van der Waals surface area contributed by atoms with Gasteiger partial charge in [-0.25, -0.2) is 0 Å². The fraction of sp³-hybridized carbons (Fsp3) is 0.0323. The van der Waals surface area contributed by atoms with Crippen LogP contribution in [0, 0.1) is 0 Å². The Labute approximate surface area is 199 Å². The van der Waals surface area contributed by atoms with E-state index in [2.05, 4.69) is 95.6 Å². The Morgan fingerprint density at radius 3 is 2.29 bits per heavy atom. The molecule has 1 aliphatic rings. The highest BCUT2D eigenvalue weighted by molar-refractivity contribution is 7.25. The molecule has 3 heteroatoms. The summed E-state index contributed by atoms with van der Waals surface area (Å²) in [6, 6.07) is 36.6. The lowest BCUT2D eigenvalue weighted by Crippen LogP contribution is -2.15. The van der Waals surface area contributed by atoms with Gasteiger partial charge in [-0.2, -0.15) is 0 Å². The molecule has 0 fully saturated rings. The smallest absolute Gasteiger partial charge is 0.158 e. The predicted molar refractivity (Wildman–Crippen MR) is 144 cm³/mol. The highest BCUT2D eigenvalue weighted by Crippen LogP contribution is 2.48. The zero-order valence-corrected chi connectivity index (χ0v) is 19.0. The van der Waals surface area contributed by atoms with Gasteiger partial charge in [0.2, 0.25) is 0 Å². The van der Waals surface area contributed by atoms with Crippen molar-refractivity contribution < 1.29 is 5.11 Å². The van der Waals surface area contributed by atoms with E-state index in [4.69, 9.17) is 0 Å². The molecule has 160 valence electrons. The van der Waals surface area contributed by atoms with Crippen molar-refractivity contribution in [1.82, 2.24) is 4.57 Å². The second kappa shape index (κ2) is 6.57. The molecule has 0 spiro atoms. The fourth-order valence-corrected chi connectivity index (χ4v) is 6.93. The van der Waals surface area contributed by atoms with Gasteiger partial charge < -0.3 is 9.67 Å². The van der Waals surface area contributed by atoms with E-state index in [0.29, 0.717) is 0 Å². The van der Waals surface area contributed by atoms with Crippen LogP contribution in [-0.2, 0) is 0 Å². The molecule has 1 aliphatic heterocycles. The summed E-state index contributed by atoms with van der Waals surface area (Å²) in [6.45, 7) is 0. The highest BCUT2D eigenvalue weighted by atomic mass is 32.1. The predicted octanol–water partition coefficient (Wildman–Crippen LogP) is 8.35. The molecule has 2 nitrogen and oxygen atoms in total. The molecule has 0 aliphatic carbocycles. The summed E-state index contributed by atoms with van der Waals surface area (Å²) in [4.78, 5) is 0. The average molecular weight is 454 g/mol. The second-order valence-electron chi connectivity index (χ2n) is 9.04. The molecule has 0 bridgehead atoms. The molecule has 34 heavy (non-hydrogen) atoms. The minimum Gasteiger partial charge on any atom is -0.369 e. The zero-order chi connectivity index (χ0) is 22.4. The van der Waals surface area contributed by atoms with Crippen LogP contribution >= 0.6 is 11.3 Å². The van der Waals surface area contributed by atoms with Gasteiger partial charge in [0.15, 0.2) is 6.23 Å². The molecular weight excluding hydrogens is 434 g/mol. The van der Waals surface area contributed by atoms with Crippen molar-refractivity contribution in [3.05, 3.63) is 109 Å². The van der Waals surface area contributed by atoms with Gasteiger partial charge in [0.25, 0.3) is 0 Å². The normalized spacial score (nSPS) is 14.9. The lowest BCUT2D eigenvalue weighted by molar-refractivity contribution is 0.155.